The molecule has 0 unspecified atom stereocenters. The third kappa shape index (κ3) is 2.51. The molecule has 0 saturated carbocycles. The normalized spacial score (nSPS) is 14.5. The molecule has 0 atom stereocenters. The van der Waals surface area contributed by atoms with Crippen molar-refractivity contribution in [1.82, 2.24) is 15.1 Å². The molecule has 0 spiro atoms. The summed E-state index contributed by atoms with van der Waals surface area (Å²) >= 11 is 5.88. The lowest BCUT2D eigenvalue weighted by Gasteiger charge is -2.15. The zero-order valence-corrected chi connectivity index (χ0v) is 11.5. The minimum atomic E-state index is -0.307. The molecule has 0 saturated heterocycles. The van der Waals surface area contributed by atoms with E-state index in [1.54, 1.807) is 6.07 Å². The Bertz CT molecular complexity index is 601. The van der Waals surface area contributed by atoms with Crippen molar-refractivity contribution in [2.24, 2.45) is 0 Å². The smallest absolute Gasteiger partial charge is 0.125 e. The molecule has 1 aromatic heterocycles. The first kappa shape index (κ1) is 12.6. The Labute approximate surface area is 116 Å². The van der Waals surface area contributed by atoms with Crippen LogP contribution in [0.3, 0.4) is 0 Å². The van der Waals surface area contributed by atoms with Gasteiger partial charge in [-0.25, -0.2) is 4.39 Å². The lowest BCUT2D eigenvalue weighted by atomic mass is 10.1. The van der Waals surface area contributed by atoms with E-state index in [0.717, 1.165) is 30.8 Å². The van der Waals surface area contributed by atoms with Crippen LogP contribution in [0.5, 0.6) is 0 Å². The van der Waals surface area contributed by atoms with Crippen LogP contribution >= 0.6 is 11.6 Å². The Morgan fingerprint density at radius 2 is 2.26 bits per heavy atom. The van der Waals surface area contributed by atoms with Crippen LogP contribution < -0.4 is 5.32 Å². The summed E-state index contributed by atoms with van der Waals surface area (Å²) in [6.07, 6.45) is 1.01. The fourth-order valence-electron chi connectivity index (χ4n) is 2.62. The van der Waals surface area contributed by atoms with Crippen molar-refractivity contribution in [1.29, 1.82) is 0 Å². The molecule has 0 fully saturated rings. The van der Waals surface area contributed by atoms with Crippen LogP contribution in [0.15, 0.2) is 18.2 Å². The minimum Gasteiger partial charge on any atom is -0.311 e. The van der Waals surface area contributed by atoms with E-state index in [2.05, 4.69) is 10.4 Å². The first-order valence-corrected chi connectivity index (χ1v) is 6.72. The molecule has 100 valence electrons. The van der Waals surface area contributed by atoms with E-state index in [9.17, 15) is 4.39 Å². The molecule has 1 N–H and O–H groups in total. The van der Waals surface area contributed by atoms with Gasteiger partial charge in [0, 0.05) is 11.6 Å². The molecule has 2 aromatic rings. The fraction of sp³-hybridized carbons (Fsp3) is 0.357. The van der Waals surface area contributed by atoms with Crippen LogP contribution in [-0.2, 0) is 19.5 Å². The number of rotatable bonds is 2. The highest BCUT2D eigenvalue weighted by atomic mass is 35.5. The van der Waals surface area contributed by atoms with E-state index in [1.807, 2.05) is 11.6 Å². The highest BCUT2D eigenvalue weighted by Gasteiger charge is 2.18. The van der Waals surface area contributed by atoms with Crippen molar-refractivity contribution < 1.29 is 4.39 Å². The number of benzene rings is 1. The van der Waals surface area contributed by atoms with Gasteiger partial charge in [-0.3, -0.25) is 4.68 Å². The molecular formula is C14H15ClFN3. The van der Waals surface area contributed by atoms with Gasteiger partial charge in [-0.15, -0.1) is 0 Å². The number of nitrogens with one attached hydrogen (secondary N) is 1. The predicted molar refractivity (Wildman–Crippen MR) is 72.9 cm³/mol. The number of aromatic nitrogens is 2. The molecular weight excluding hydrogens is 265 g/mol. The van der Waals surface area contributed by atoms with Gasteiger partial charge in [0.25, 0.3) is 0 Å². The van der Waals surface area contributed by atoms with Crippen molar-refractivity contribution >= 4 is 11.6 Å². The summed E-state index contributed by atoms with van der Waals surface area (Å²) < 4.78 is 15.3. The Hall–Kier alpha value is -1.39. The second-order valence-electron chi connectivity index (χ2n) is 4.87. The molecule has 0 bridgehead atoms. The second kappa shape index (κ2) is 4.94. The van der Waals surface area contributed by atoms with Crippen LogP contribution in [0, 0.1) is 12.7 Å². The van der Waals surface area contributed by atoms with E-state index >= 15 is 0 Å². The average Bonchev–Trinajstić information content (AvgIpc) is 2.66. The maximum absolute atomic E-state index is 13.3. The maximum atomic E-state index is 13.3. The number of fused-ring (bicyclic) bond motifs is 1. The van der Waals surface area contributed by atoms with Gasteiger partial charge in [0.15, 0.2) is 0 Å². The van der Waals surface area contributed by atoms with Crippen LogP contribution in [0.2, 0.25) is 5.02 Å². The maximum Gasteiger partial charge on any atom is 0.125 e. The van der Waals surface area contributed by atoms with Crippen molar-refractivity contribution in [2.45, 2.75) is 26.4 Å². The summed E-state index contributed by atoms with van der Waals surface area (Å²) in [4.78, 5) is 0. The summed E-state index contributed by atoms with van der Waals surface area (Å²) in [5.74, 6) is -0.307. The van der Waals surface area contributed by atoms with Crippen molar-refractivity contribution in [2.75, 3.05) is 6.54 Å². The van der Waals surface area contributed by atoms with Gasteiger partial charge in [-0.2, -0.15) is 5.10 Å². The number of nitrogens with zero attached hydrogens (tertiary/aromatic N) is 2. The molecule has 0 aliphatic carbocycles. The van der Waals surface area contributed by atoms with Gasteiger partial charge >= 0.3 is 0 Å². The molecule has 1 aliphatic heterocycles. The summed E-state index contributed by atoms with van der Waals surface area (Å²) in [6, 6.07) is 4.60. The number of halogens is 2. The van der Waals surface area contributed by atoms with E-state index in [1.165, 1.54) is 23.4 Å². The van der Waals surface area contributed by atoms with Gasteiger partial charge < -0.3 is 5.32 Å². The SMILES string of the molecule is Cc1nn(Cc2cc(F)cc(Cl)c2)c2c1CCNC2. The zero-order chi connectivity index (χ0) is 13.4. The van der Waals surface area contributed by atoms with Gasteiger partial charge in [-0.1, -0.05) is 11.6 Å². The summed E-state index contributed by atoms with van der Waals surface area (Å²) in [5.41, 5.74) is 4.42. The molecule has 3 nitrogen and oxygen atoms in total. The van der Waals surface area contributed by atoms with E-state index < -0.39 is 0 Å². The van der Waals surface area contributed by atoms with Crippen LogP contribution in [0.25, 0.3) is 0 Å². The van der Waals surface area contributed by atoms with Crippen LogP contribution in [-0.4, -0.2) is 16.3 Å². The van der Waals surface area contributed by atoms with Crippen molar-refractivity contribution in [3.63, 3.8) is 0 Å². The molecule has 1 aliphatic rings. The first-order chi connectivity index (χ1) is 9.13. The minimum absolute atomic E-state index is 0.307. The number of hydrogen-bond acceptors (Lipinski definition) is 2. The van der Waals surface area contributed by atoms with E-state index in [-0.39, 0.29) is 5.82 Å². The summed E-state index contributed by atoms with van der Waals surface area (Å²) in [7, 11) is 0. The van der Waals surface area contributed by atoms with Gasteiger partial charge in [0.2, 0.25) is 0 Å². The fourth-order valence-corrected chi connectivity index (χ4v) is 2.86. The van der Waals surface area contributed by atoms with E-state index in [0.29, 0.717) is 11.6 Å². The Morgan fingerprint density at radius 3 is 3.05 bits per heavy atom. The topological polar surface area (TPSA) is 29.9 Å². The molecule has 2 heterocycles. The Balaban J connectivity index is 1.95. The van der Waals surface area contributed by atoms with Crippen LogP contribution in [0.4, 0.5) is 4.39 Å². The third-order valence-corrected chi connectivity index (χ3v) is 3.68. The Morgan fingerprint density at radius 1 is 1.42 bits per heavy atom. The zero-order valence-electron chi connectivity index (χ0n) is 10.7. The van der Waals surface area contributed by atoms with Crippen molar-refractivity contribution in [3.05, 3.63) is 51.6 Å². The third-order valence-electron chi connectivity index (χ3n) is 3.47. The lowest BCUT2D eigenvalue weighted by Crippen LogP contribution is -2.25. The average molecular weight is 280 g/mol. The number of hydrogen-bond donors (Lipinski definition) is 1. The second-order valence-corrected chi connectivity index (χ2v) is 5.31. The van der Waals surface area contributed by atoms with Crippen molar-refractivity contribution in [3.8, 4) is 0 Å². The molecule has 0 amide bonds. The molecule has 19 heavy (non-hydrogen) atoms. The first-order valence-electron chi connectivity index (χ1n) is 6.34. The predicted octanol–water partition coefficient (Wildman–Crippen LogP) is 2.68. The lowest BCUT2D eigenvalue weighted by molar-refractivity contribution is 0.567. The number of aryl methyl sites for hydroxylation is 1. The summed E-state index contributed by atoms with van der Waals surface area (Å²) in [6.45, 7) is 4.39. The summed E-state index contributed by atoms with van der Waals surface area (Å²) in [5, 5.41) is 8.32. The van der Waals surface area contributed by atoms with Crippen LogP contribution in [0.1, 0.15) is 22.5 Å². The van der Waals surface area contributed by atoms with Gasteiger partial charge in [-0.05, 0) is 49.2 Å². The standard InChI is InChI=1S/C14H15ClFN3/c1-9-13-2-3-17-7-14(13)19(18-9)8-10-4-11(15)6-12(16)5-10/h4-6,17H,2-3,7-8H2,1H3. The molecule has 0 radical (unpaired) electrons. The molecule has 5 heteroatoms. The molecule has 3 rings (SSSR count). The quantitative estimate of drug-likeness (QED) is 0.916. The molecule has 1 aromatic carbocycles. The van der Waals surface area contributed by atoms with Gasteiger partial charge in [0.1, 0.15) is 5.82 Å². The highest BCUT2D eigenvalue weighted by molar-refractivity contribution is 6.30. The largest absolute Gasteiger partial charge is 0.311 e. The monoisotopic (exact) mass is 279 g/mol. The van der Waals surface area contributed by atoms with Gasteiger partial charge in [0.05, 0.1) is 17.9 Å². The Kier molecular flexibility index (Phi) is 3.29. The van der Waals surface area contributed by atoms with E-state index in [4.69, 9.17) is 11.6 Å². The highest BCUT2D eigenvalue weighted by Crippen LogP contribution is 2.20.